The monoisotopic (exact) mass is 361 g/mol. The number of carbonyl (C=O) groups excluding carboxylic acids is 3. The summed E-state index contributed by atoms with van der Waals surface area (Å²) in [7, 11) is 1.70. The molecule has 1 saturated carbocycles. The van der Waals surface area contributed by atoms with Crippen molar-refractivity contribution in [2.24, 2.45) is 0 Å². The number of thiophene rings is 1. The van der Waals surface area contributed by atoms with Crippen LogP contribution in [0.1, 0.15) is 42.5 Å². The number of hydrogen-bond acceptors (Lipinski definition) is 4. The third-order valence-electron chi connectivity index (χ3n) is 5.94. The third-order valence-corrected chi connectivity index (χ3v) is 6.96. The summed E-state index contributed by atoms with van der Waals surface area (Å²) in [5, 5.41) is 2.05. The summed E-state index contributed by atoms with van der Waals surface area (Å²) in [6.45, 7) is 1.10. The zero-order valence-electron chi connectivity index (χ0n) is 14.5. The van der Waals surface area contributed by atoms with Gasteiger partial charge in [-0.3, -0.25) is 14.5 Å². The molecule has 25 heavy (non-hydrogen) atoms. The van der Waals surface area contributed by atoms with Crippen LogP contribution in [0.4, 0.5) is 4.79 Å². The van der Waals surface area contributed by atoms with E-state index in [0.29, 0.717) is 25.9 Å². The van der Waals surface area contributed by atoms with Crippen molar-refractivity contribution in [1.82, 2.24) is 14.7 Å². The lowest BCUT2D eigenvalue weighted by atomic mass is 9.81. The Bertz CT molecular complexity index is 723. The molecule has 0 N–H and O–H groups in total. The Morgan fingerprint density at radius 3 is 2.76 bits per heavy atom. The van der Waals surface area contributed by atoms with E-state index in [1.165, 1.54) is 15.3 Å². The summed E-state index contributed by atoms with van der Waals surface area (Å²) in [5.74, 6) is -0.318. The second-order valence-electron chi connectivity index (χ2n) is 7.26. The Balaban J connectivity index is 1.48. The minimum atomic E-state index is -0.710. The summed E-state index contributed by atoms with van der Waals surface area (Å²) < 4.78 is 0. The first-order chi connectivity index (χ1) is 12.0. The highest BCUT2D eigenvalue weighted by Crippen LogP contribution is 2.39. The normalized spacial score (nSPS) is 22.7. The summed E-state index contributed by atoms with van der Waals surface area (Å²) in [6.07, 6.45) is 5.29. The van der Waals surface area contributed by atoms with Crippen molar-refractivity contribution in [3.63, 3.8) is 0 Å². The van der Waals surface area contributed by atoms with E-state index in [1.54, 1.807) is 28.2 Å². The van der Waals surface area contributed by atoms with Gasteiger partial charge in [-0.15, -0.1) is 11.3 Å². The molecule has 134 valence electrons. The smallest absolute Gasteiger partial charge is 0.327 e. The second-order valence-corrected chi connectivity index (χ2v) is 8.26. The van der Waals surface area contributed by atoms with E-state index in [2.05, 4.69) is 6.07 Å². The van der Waals surface area contributed by atoms with Gasteiger partial charge in [0.1, 0.15) is 12.1 Å². The van der Waals surface area contributed by atoms with Crippen LogP contribution >= 0.6 is 11.3 Å². The Kier molecular flexibility index (Phi) is 4.06. The minimum Gasteiger partial charge on any atom is -0.336 e. The van der Waals surface area contributed by atoms with Crippen LogP contribution in [0.15, 0.2) is 11.4 Å². The van der Waals surface area contributed by atoms with E-state index in [-0.39, 0.29) is 24.4 Å². The molecule has 1 aromatic heterocycles. The molecule has 1 saturated heterocycles. The molecule has 2 aliphatic heterocycles. The van der Waals surface area contributed by atoms with Crippen LogP contribution in [-0.4, -0.2) is 58.2 Å². The van der Waals surface area contributed by atoms with E-state index in [4.69, 9.17) is 0 Å². The number of nitrogens with zero attached hydrogens (tertiary/aromatic N) is 3. The van der Waals surface area contributed by atoms with E-state index >= 15 is 0 Å². The Labute approximate surface area is 151 Å². The highest BCUT2D eigenvalue weighted by molar-refractivity contribution is 7.10. The molecule has 1 aliphatic carbocycles. The Morgan fingerprint density at radius 2 is 2.00 bits per heavy atom. The number of fused-ring (bicyclic) bond motifs is 1. The molecule has 3 heterocycles. The topological polar surface area (TPSA) is 60.9 Å². The van der Waals surface area contributed by atoms with Gasteiger partial charge in [0.25, 0.3) is 5.91 Å². The molecular weight excluding hydrogens is 338 g/mol. The molecule has 0 aromatic carbocycles. The van der Waals surface area contributed by atoms with Crippen LogP contribution in [0.5, 0.6) is 0 Å². The lowest BCUT2D eigenvalue weighted by Gasteiger charge is -2.35. The van der Waals surface area contributed by atoms with Crippen molar-refractivity contribution < 1.29 is 14.4 Å². The van der Waals surface area contributed by atoms with Gasteiger partial charge in [-0.05, 0) is 36.3 Å². The summed E-state index contributed by atoms with van der Waals surface area (Å²) >= 11 is 1.72. The Morgan fingerprint density at radius 1 is 1.24 bits per heavy atom. The quantitative estimate of drug-likeness (QED) is 0.759. The van der Waals surface area contributed by atoms with Crippen LogP contribution in [0.3, 0.4) is 0 Å². The number of imide groups is 1. The van der Waals surface area contributed by atoms with Gasteiger partial charge in [-0.1, -0.05) is 19.3 Å². The molecule has 1 aromatic rings. The van der Waals surface area contributed by atoms with Gasteiger partial charge in [0.15, 0.2) is 0 Å². The van der Waals surface area contributed by atoms with Crippen LogP contribution in [0.25, 0.3) is 0 Å². The van der Waals surface area contributed by atoms with Gasteiger partial charge in [0.2, 0.25) is 5.91 Å². The van der Waals surface area contributed by atoms with Gasteiger partial charge in [0.05, 0.1) is 0 Å². The fraction of sp³-hybridized carbons (Fsp3) is 0.611. The number of carbonyl (C=O) groups is 3. The van der Waals surface area contributed by atoms with E-state index in [1.807, 2.05) is 5.38 Å². The molecule has 0 atom stereocenters. The van der Waals surface area contributed by atoms with Crippen LogP contribution in [0, 0.1) is 0 Å². The lowest BCUT2D eigenvalue weighted by Crippen LogP contribution is -2.49. The van der Waals surface area contributed by atoms with Crippen LogP contribution < -0.4 is 0 Å². The number of rotatable bonds is 2. The number of urea groups is 1. The highest BCUT2D eigenvalue weighted by atomic mass is 32.1. The number of likely N-dealkylation sites (N-methyl/N-ethyl adjacent to an activating group) is 1. The molecule has 6 nitrogen and oxygen atoms in total. The first kappa shape index (κ1) is 16.6. The number of hydrogen-bond donors (Lipinski definition) is 0. The standard InChI is InChI=1S/C18H23N3O3S/c1-19-17(24)21(16(23)18(19)7-3-2-4-8-18)12-15(22)20-9-5-14-13(11-20)6-10-25-14/h6,10H,2-5,7-9,11-12H2,1H3. The lowest BCUT2D eigenvalue weighted by molar-refractivity contribution is -0.140. The molecule has 0 bridgehead atoms. The molecular formula is C18H23N3O3S. The van der Waals surface area contributed by atoms with Crippen molar-refractivity contribution in [1.29, 1.82) is 0 Å². The van der Waals surface area contributed by atoms with Crippen molar-refractivity contribution in [2.45, 2.75) is 50.6 Å². The zero-order valence-corrected chi connectivity index (χ0v) is 15.3. The van der Waals surface area contributed by atoms with Crippen molar-refractivity contribution >= 4 is 29.2 Å². The molecule has 7 heteroatoms. The second kappa shape index (κ2) is 6.12. The van der Waals surface area contributed by atoms with Crippen molar-refractivity contribution in [3.05, 3.63) is 21.9 Å². The average molecular weight is 361 g/mol. The molecule has 1 spiro atoms. The Hall–Kier alpha value is -1.89. The fourth-order valence-electron chi connectivity index (χ4n) is 4.37. The molecule has 4 amide bonds. The van der Waals surface area contributed by atoms with Gasteiger partial charge in [-0.25, -0.2) is 4.79 Å². The molecule has 3 aliphatic rings. The molecule has 0 radical (unpaired) electrons. The van der Waals surface area contributed by atoms with Crippen LogP contribution in [0.2, 0.25) is 0 Å². The predicted octanol–water partition coefficient (Wildman–Crippen LogP) is 2.23. The summed E-state index contributed by atoms with van der Waals surface area (Å²) in [6, 6.07) is 1.73. The zero-order chi connectivity index (χ0) is 17.6. The van der Waals surface area contributed by atoms with Crippen molar-refractivity contribution in [2.75, 3.05) is 20.1 Å². The summed E-state index contributed by atoms with van der Waals surface area (Å²) in [4.78, 5) is 44.2. The van der Waals surface area contributed by atoms with Gasteiger partial charge < -0.3 is 9.80 Å². The SMILES string of the molecule is CN1C(=O)N(CC(=O)N2CCc3sccc3C2)C(=O)C12CCCCC2. The van der Waals surface area contributed by atoms with Gasteiger partial charge in [0, 0.05) is 25.0 Å². The third kappa shape index (κ3) is 2.56. The van der Waals surface area contributed by atoms with E-state index < -0.39 is 5.54 Å². The maximum atomic E-state index is 13.0. The summed E-state index contributed by atoms with van der Waals surface area (Å²) in [5.41, 5.74) is 0.474. The van der Waals surface area contributed by atoms with Crippen LogP contribution in [-0.2, 0) is 22.6 Å². The first-order valence-corrected chi connectivity index (χ1v) is 9.84. The largest absolute Gasteiger partial charge is 0.336 e. The maximum absolute atomic E-state index is 13.0. The highest BCUT2D eigenvalue weighted by Gasteiger charge is 2.56. The fourth-order valence-corrected chi connectivity index (χ4v) is 5.26. The molecule has 0 unspecified atom stereocenters. The number of amides is 4. The van der Waals surface area contributed by atoms with Gasteiger partial charge >= 0.3 is 6.03 Å². The van der Waals surface area contributed by atoms with Crippen molar-refractivity contribution in [3.8, 4) is 0 Å². The molecule has 4 rings (SSSR count). The maximum Gasteiger partial charge on any atom is 0.327 e. The van der Waals surface area contributed by atoms with Gasteiger partial charge in [-0.2, -0.15) is 0 Å². The minimum absolute atomic E-state index is 0.136. The van der Waals surface area contributed by atoms with E-state index in [9.17, 15) is 14.4 Å². The van der Waals surface area contributed by atoms with E-state index in [0.717, 1.165) is 25.7 Å². The first-order valence-electron chi connectivity index (χ1n) is 8.96. The molecule has 2 fully saturated rings. The predicted molar refractivity (Wildman–Crippen MR) is 94.1 cm³/mol. The average Bonchev–Trinajstić information content (AvgIpc) is 3.17.